The molecule has 0 aliphatic carbocycles. The van der Waals surface area contributed by atoms with Gasteiger partial charge in [-0.2, -0.15) is 0 Å². The molecule has 2 aromatic carbocycles. The van der Waals surface area contributed by atoms with Gasteiger partial charge in [0.15, 0.2) is 0 Å². The highest BCUT2D eigenvalue weighted by Crippen LogP contribution is 2.31. The Bertz CT molecular complexity index is 576. The SMILES string of the molecule is Cc1cc(C[C@H](N)C=O)cc(I)c1Oc1ccccc1. The van der Waals surface area contributed by atoms with Crippen LogP contribution < -0.4 is 10.5 Å². The van der Waals surface area contributed by atoms with Crippen molar-refractivity contribution in [1.29, 1.82) is 0 Å². The Morgan fingerprint density at radius 1 is 1.30 bits per heavy atom. The Morgan fingerprint density at radius 2 is 2.00 bits per heavy atom. The quantitative estimate of drug-likeness (QED) is 0.638. The zero-order chi connectivity index (χ0) is 14.5. The van der Waals surface area contributed by atoms with Crippen molar-refractivity contribution in [3.05, 3.63) is 57.2 Å². The van der Waals surface area contributed by atoms with E-state index in [1.54, 1.807) is 0 Å². The lowest BCUT2D eigenvalue weighted by molar-refractivity contribution is -0.108. The molecular weight excluding hydrogens is 365 g/mol. The van der Waals surface area contributed by atoms with Gasteiger partial charge < -0.3 is 15.3 Å². The fraction of sp³-hybridized carbons (Fsp3) is 0.188. The number of rotatable bonds is 5. The highest BCUT2D eigenvalue weighted by Gasteiger charge is 2.10. The van der Waals surface area contributed by atoms with Gasteiger partial charge in [0.1, 0.15) is 17.8 Å². The van der Waals surface area contributed by atoms with Crippen LogP contribution in [0.4, 0.5) is 0 Å². The van der Waals surface area contributed by atoms with Crippen LogP contribution in [-0.2, 0) is 11.2 Å². The summed E-state index contributed by atoms with van der Waals surface area (Å²) >= 11 is 2.24. The number of aryl methyl sites for hydroxylation is 1. The number of halogens is 1. The summed E-state index contributed by atoms with van der Waals surface area (Å²) in [5.74, 6) is 1.66. The Labute approximate surface area is 132 Å². The molecule has 2 aromatic rings. The van der Waals surface area contributed by atoms with Gasteiger partial charge >= 0.3 is 0 Å². The molecule has 2 rings (SSSR count). The number of carbonyl (C=O) groups excluding carboxylic acids is 1. The maximum Gasteiger partial charge on any atom is 0.143 e. The second kappa shape index (κ2) is 6.85. The molecule has 3 nitrogen and oxygen atoms in total. The second-order valence-electron chi connectivity index (χ2n) is 4.64. The van der Waals surface area contributed by atoms with E-state index < -0.39 is 6.04 Å². The summed E-state index contributed by atoms with van der Waals surface area (Å²) < 4.78 is 6.93. The van der Waals surface area contributed by atoms with Crippen LogP contribution in [0, 0.1) is 10.5 Å². The van der Waals surface area contributed by atoms with Gasteiger partial charge in [-0.3, -0.25) is 0 Å². The molecule has 0 saturated carbocycles. The molecule has 0 fully saturated rings. The summed E-state index contributed by atoms with van der Waals surface area (Å²) in [5.41, 5.74) is 7.75. The van der Waals surface area contributed by atoms with Crippen molar-refractivity contribution < 1.29 is 9.53 Å². The maximum atomic E-state index is 10.6. The summed E-state index contributed by atoms with van der Waals surface area (Å²) in [4.78, 5) is 10.6. The van der Waals surface area contributed by atoms with Gasteiger partial charge in [-0.1, -0.05) is 24.3 Å². The Morgan fingerprint density at radius 3 is 2.60 bits per heavy atom. The second-order valence-corrected chi connectivity index (χ2v) is 5.81. The summed E-state index contributed by atoms with van der Waals surface area (Å²) in [6.45, 7) is 2.00. The zero-order valence-electron chi connectivity index (χ0n) is 11.2. The van der Waals surface area contributed by atoms with Crippen molar-refractivity contribution in [1.82, 2.24) is 0 Å². The molecule has 104 valence electrons. The molecule has 20 heavy (non-hydrogen) atoms. The molecule has 0 unspecified atom stereocenters. The number of hydrogen-bond donors (Lipinski definition) is 1. The molecule has 0 bridgehead atoms. The number of carbonyl (C=O) groups is 1. The van der Waals surface area contributed by atoms with Crippen molar-refractivity contribution in [2.75, 3.05) is 0 Å². The smallest absolute Gasteiger partial charge is 0.143 e. The van der Waals surface area contributed by atoms with Crippen LogP contribution in [0.1, 0.15) is 11.1 Å². The van der Waals surface area contributed by atoms with E-state index in [2.05, 4.69) is 22.6 Å². The maximum absolute atomic E-state index is 10.6. The monoisotopic (exact) mass is 381 g/mol. The van der Waals surface area contributed by atoms with Gasteiger partial charge in [-0.15, -0.1) is 0 Å². The standard InChI is InChI=1S/C16H16INO2/c1-11-7-12(8-13(18)10-19)9-15(17)16(11)20-14-5-3-2-4-6-14/h2-7,9-10,13H,8,18H2,1H3/t13-/m0/s1. The van der Waals surface area contributed by atoms with Crippen LogP contribution in [0.3, 0.4) is 0 Å². The summed E-state index contributed by atoms with van der Waals surface area (Å²) in [6, 6.07) is 13.3. The molecule has 0 heterocycles. The van der Waals surface area contributed by atoms with Crippen molar-refractivity contribution in [2.24, 2.45) is 5.73 Å². The topological polar surface area (TPSA) is 52.3 Å². The first-order valence-electron chi connectivity index (χ1n) is 6.33. The van der Waals surface area contributed by atoms with E-state index in [0.29, 0.717) is 6.42 Å². The average molecular weight is 381 g/mol. The van der Waals surface area contributed by atoms with Crippen molar-refractivity contribution in [3.63, 3.8) is 0 Å². The zero-order valence-corrected chi connectivity index (χ0v) is 13.3. The minimum Gasteiger partial charge on any atom is -0.456 e. The Balaban J connectivity index is 2.25. The van der Waals surface area contributed by atoms with E-state index in [4.69, 9.17) is 10.5 Å². The molecule has 1 atom stereocenters. The highest BCUT2D eigenvalue weighted by molar-refractivity contribution is 14.1. The van der Waals surface area contributed by atoms with E-state index in [1.807, 2.05) is 49.4 Å². The number of nitrogens with two attached hydrogens (primary N) is 1. The molecule has 0 aliphatic rings. The number of para-hydroxylation sites is 1. The fourth-order valence-corrected chi connectivity index (χ4v) is 2.91. The van der Waals surface area contributed by atoms with Crippen LogP contribution in [0.5, 0.6) is 11.5 Å². The van der Waals surface area contributed by atoms with E-state index in [0.717, 1.165) is 32.5 Å². The minimum atomic E-state index is -0.453. The molecule has 0 aromatic heterocycles. The van der Waals surface area contributed by atoms with Crippen LogP contribution >= 0.6 is 22.6 Å². The van der Waals surface area contributed by atoms with Crippen LogP contribution in [0.2, 0.25) is 0 Å². The van der Waals surface area contributed by atoms with E-state index in [1.165, 1.54) is 0 Å². The van der Waals surface area contributed by atoms with Gasteiger partial charge in [0.25, 0.3) is 0 Å². The fourth-order valence-electron chi connectivity index (χ4n) is 1.98. The molecular formula is C16H16INO2. The molecule has 0 amide bonds. The average Bonchev–Trinajstić information content (AvgIpc) is 2.44. The first-order chi connectivity index (χ1) is 9.60. The Hall–Kier alpha value is -1.40. The predicted octanol–water partition coefficient (Wildman–Crippen LogP) is 3.46. The number of benzene rings is 2. The van der Waals surface area contributed by atoms with Crippen LogP contribution in [0.15, 0.2) is 42.5 Å². The summed E-state index contributed by atoms with van der Waals surface area (Å²) in [7, 11) is 0. The third-order valence-corrected chi connectivity index (χ3v) is 3.70. The lowest BCUT2D eigenvalue weighted by atomic mass is 10.0. The number of hydrogen-bond acceptors (Lipinski definition) is 3. The number of ether oxygens (including phenoxy) is 1. The van der Waals surface area contributed by atoms with Crippen molar-refractivity contribution in [2.45, 2.75) is 19.4 Å². The summed E-state index contributed by atoms with van der Waals surface area (Å²) in [6.07, 6.45) is 1.32. The van der Waals surface area contributed by atoms with Gasteiger partial charge in [0, 0.05) is 0 Å². The van der Waals surface area contributed by atoms with Crippen molar-refractivity contribution >= 4 is 28.9 Å². The molecule has 0 saturated heterocycles. The first-order valence-corrected chi connectivity index (χ1v) is 7.41. The van der Waals surface area contributed by atoms with E-state index >= 15 is 0 Å². The van der Waals surface area contributed by atoms with Gasteiger partial charge in [-0.05, 0) is 65.3 Å². The molecule has 0 aliphatic heterocycles. The van der Waals surface area contributed by atoms with Crippen LogP contribution in [-0.4, -0.2) is 12.3 Å². The van der Waals surface area contributed by atoms with Crippen LogP contribution in [0.25, 0.3) is 0 Å². The normalized spacial score (nSPS) is 11.9. The van der Waals surface area contributed by atoms with E-state index in [-0.39, 0.29) is 0 Å². The highest BCUT2D eigenvalue weighted by atomic mass is 127. The number of aldehydes is 1. The largest absolute Gasteiger partial charge is 0.456 e. The third-order valence-electron chi connectivity index (χ3n) is 2.90. The van der Waals surface area contributed by atoms with E-state index in [9.17, 15) is 4.79 Å². The van der Waals surface area contributed by atoms with Gasteiger partial charge in [-0.25, -0.2) is 0 Å². The lowest BCUT2D eigenvalue weighted by Crippen LogP contribution is -2.24. The minimum absolute atomic E-state index is 0.453. The molecule has 4 heteroatoms. The first kappa shape index (κ1) is 15.0. The third kappa shape index (κ3) is 3.80. The summed E-state index contributed by atoms with van der Waals surface area (Å²) in [5, 5.41) is 0. The lowest BCUT2D eigenvalue weighted by Gasteiger charge is -2.13. The molecule has 0 radical (unpaired) electrons. The predicted molar refractivity (Wildman–Crippen MR) is 88.2 cm³/mol. The molecule has 0 spiro atoms. The van der Waals surface area contributed by atoms with Crippen molar-refractivity contribution in [3.8, 4) is 11.5 Å². The van der Waals surface area contributed by atoms with Gasteiger partial charge in [0.2, 0.25) is 0 Å². The molecule has 2 N–H and O–H groups in total. The van der Waals surface area contributed by atoms with Gasteiger partial charge in [0.05, 0.1) is 9.61 Å². The Kier molecular flexibility index (Phi) is 5.14.